The maximum Gasteiger partial charge on any atom is 2.00 e. The summed E-state index contributed by atoms with van der Waals surface area (Å²) in [4.78, 5) is 18.0. The van der Waals surface area contributed by atoms with Gasteiger partial charge < -0.3 is 51.7 Å². The van der Waals surface area contributed by atoms with E-state index in [1.807, 2.05) is 27.0 Å². The molecule has 350 valence electrons. The summed E-state index contributed by atoms with van der Waals surface area (Å²) in [7, 11) is 11.5. The number of piperidine rings is 2. The van der Waals surface area contributed by atoms with Crippen LogP contribution in [0.1, 0.15) is 109 Å². The van der Waals surface area contributed by atoms with Crippen molar-refractivity contribution in [2.45, 2.75) is 150 Å². The molecule has 4 fully saturated rings. The number of rotatable bonds is 8. The summed E-state index contributed by atoms with van der Waals surface area (Å²) in [5.41, 5.74) is 2.76. The van der Waals surface area contributed by atoms with Crippen LogP contribution in [0.2, 0.25) is 0 Å². The molecule has 0 amide bonds. The predicted molar refractivity (Wildman–Crippen MR) is 254 cm³/mol. The van der Waals surface area contributed by atoms with E-state index in [4.69, 9.17) is 28.4 Å². The van der Waals surface area contributed by atoms with Gasteiger partial charge in [-0.2, -0.15) is 6.42 Å². The van der Waals surface area contributed by atoms with Crippen molar-refractivity contribution in [3.63, 3.8) is 0 Å². The Bertz CT molecular complexity index is 2290. The topological polar surface area (TPSA) is 99.2 Å². The summed E-state index contributed by atoms with van der Waals surface area (Å²) >= 11 is 0. The number of nitrogens with zero attached hydrogens (tertiary/aromatic N) is 2. The maximum atomic E-state index is 12.9. The second kappa shape index (κ2) is 16.2. The second-order valence-corrected chi connectivity index (χ2v) is 21.4. The monoisotopic (exact) mass is 903 g/mol. The number of aryl methyl sites for hydroxylation is 2. The van der Waals surface area contributed by atoms with E-state index in [2.05, 4.69) is 80.2 Å². The number of aliphatic hydroxyl groups is 1. The van der Waals surface area contributed by atoms with E-state index in [1.165, 1.54) is 22.3 Å². The van der Waals surface area contributed by atoms with Crippen molar-refractivity contribution in [1.29, 1.82) is 0 Å². The molecule has 1 N–H and O–H groups in total. The molecule has 14 rings (SSSR count). The van der Waals surface area contributed by atoms with Crippen LogP contribution in [0.25, 0.3) is 0 Å². The van der Waals surface area contributed by atoms with Gasteiger partial charge >= 0.3 is 23.1 Å². The number of hydrogen-bond donors (Lipinski definition) is 1. The number of fused-ring (bicyclic) bond motifs is 2. The molecule has 4 aliphatic heterocycles. The molecule has 1 unspecified atom stereocenters. The van der Waals surface area contributed by atoms with Crippen LogP contribution in [0.15, 0.2) is 48.6 Å². The Labute approximate surface area is 405 Å². The standard InChI is InChI=1S/C27H37NO4.C24H29NO4.C3H7.Mg.H/c1-6-11-24(2,29)19-16-25-12-13-27(19,31-5)23-26(25)14-15-28(3)20(25)10-8-17-7-9-18(30-4)22(32-23)21(17)26;1-14(26)16-13-22-9-10-24(16,28-4)21-23(22)11-12-25(2)18(22)8-6-15-5-7-17(27-3)20(29-21)19(15)23;1-3-2;;/h7,9,12-13,19-20,23,29H,6,8,10-11,14-16H2,1-5H3;5,7,9-10,16,18,21H,6,8,11-13H2,1-4H3;1,3H2,2H3;;/q;;-1;+2;-1/t19-,20-,23-,24?,25-,26+,27-;16-,18-,21-,22-,23+,24-;;;/m11.../s1. The van der Waals surface area contributed by atoms with Crippen LogP contribution in [-0.4, -0.2) is 140 Å². The number of carbonyl (C=O) groups excluding carboxylic acids is 1. The van der Waals surface area contributed by atoms with Crippen LogP contribution in [0.3, 0.4) is 0 Å². The second-order valence-electron chi connectivity index (χ2n) is 21.4. The zero-order chi connectivity index (χ0) is 45.4. The van der Waals surface area contributed by atoms with Crippen LogP contribution in [0.5, 0.6) is 23.0 Å². The van der Waals surface area contributed by atoms with Gasteiger partial charge in [-0.1, -0.05) is 56.7 Å². The SMILES string of the molecule is CCCC(C)(O)[C@H]1C[C@@]23C=C[C@]1(OC)[C@@H]1Oc4c(OC)ccc5c4[C@@]12CCN(C)[C@@H]3CC5.COc1ccc2c3c1O[C@H]1[C@@]4(OC)C=C[C@@]5(C[C@@H]4C(C)=O)[C@@H](CC2)N(C)CC[C@]315.[CH2-]CC.[H-].[Mg+2]. The Morgan fingerprint density at radius 3 is 1.71 bits per heavy atom. The van der Waals surface area contributed by atoms with Gasteiger partial charge in [0.25, 0.3) is 0 Å². The van der Waals surface area contributed by atoms with Gasteiger partial charge in [-0.25, -0.2) is 0 Å². The van der Waals surface area contributed by atoms with E-state index in [0.29, 0.717) is 12.1 Å². The van der Waals surface area contributed by atoms with E-state index in [0.717, 1.165) is 107 Å². The zero-order valence-electron chi connectivity index (χ0n) is 41.9. The predicted octanol–water partition coefficient (Wildman–Crippen LogP) is 7.71. The summed E-state index contributed by atoms with van der Waals surface area (Å²) in [5, 5.41) is 11.8. The number of carbonyl (C=O) groups is 1. The fourth-order valence-corrected chi connectivity index (χ4v) is 16.8. The Kier molecular flexibility index (Phi) is 11.8. The Morgan fingerprint density at radius 2 is 1.26 bits per heavy atom. The first-order valence-corrected chi connectivity index (χ1v) is 24.4. The van der Waals surface area contributed by atoms with E-state index in [-0.39, 0.29) is 76.0 Å². The Hall–Kier alpha value is -2.64. The van der Waals surface area contributed by atoms with Crippen LogP contribution in [0.4, 0.5) is 0 Å². The fourth-order valence-electron chi connectivity index (χ4n) is 16.8. The number of likely N-dealkylation sites (tertiary alicyclic amines) is 2. The number of ether oxygens (including phenoxy) is 6. The van der Waals surface area contributed by atoms with E-state index < -0.39 is 16.8 Å². The molecule has 65 heavy (non-hydrogen) atoms. The minimum atomic E-state index is -0.825. The third kappa shape index (κ3) is 5.66. The molecule has 11 heteroatoms. The number of methoxy groups -OCH3 is 4. The normalized spacial score (nSPS) is 40.7. The van der Waals surface area contributed by atoms with Crippen molar-refractivity contribution >= 4 is 28.8 Å². The van der Waals surface area contributed by atoms with Crippen LogP contribution < -0.4 is 18.9 Å². The number of hydrogen-bond acceptors (Lipinski definition) is 10. The minimum absolute atomic E-state index is 0. The molecule has 4 spiro atoms. The Morgan fingerprint density at radius 1 is 0.800 bits per heavy atom. The van der Waals surface area contributed by atoms with Gasteiger partial charge in [0.15, 0.2) is 23.0 Å². The number of Topliss-reactive ketones (excluding diaryl/α,β-unsaturated/α-hetero) is 1. The third-order valence-electron chi connectivity index (χ3n) is 19.1. The van der Waals surface area contributed by atoms with Crippen molar-refractivity contribution in [3.8, 4) is 23.0 Å². The van der Waals surface area contributed by atoms with Crippen molar-refractivity contribution < 1.29 is 39.7 Å². The molecule has 13 atom stereocenters. The van der Waals surface area contributed by atoms with Crippen LogP contribution >= 0.6 is 0 Å². The molecule has 2 aromatic rings. The summed E-state index contributed by atoms with van der Waals surface area (Å²) in [6, 6.07) is 9.43. The van der Waals surface area contributed by atoms with Crippen molar-refractivity contribution in [1.82, 2.24) is 9.80 Å². The molecular formula is C54H74MgN2O8. The first-order chi connectivity index (χ1) is 30.7. The van der Waals surface area contributed by atoms with Gasteiger partial charge in [-0.3, -0.25) is 4.79 Å². The first-order valence-electron chi connectivity index (χ1n) is 24.4. The quantitative estimate of drug-likeness (QED) is 0.161. The molecule has 2 aromatic carbocycles. The Balaban J connectivity index is 0.000000165. The van der Waals surface area contributed by atoms with Crippen molar-refractivity contribution in [3.05, 3.63) is 77.7 Å². The van der Waals surface area contributed by atoms with E-state index in [1.54, 1.807) is 28.3 Å². The largest absolute Gasteiger partial charge is 2.00 e. The molecule has 0 radical (unpaired) electrons. The average molecular weight is 903 g/mol. The summed E-state index contributed by atoms with van der Waals surface area (Å²) in [5.74, 6) is 3.41. The summed E-state index contributed by atoms with van der Waals surface area (Å²) < 4.78 is 38.1. The molecule has 10 nitrogen and oxygen atoms in total. The third-order valence-corrected chi connectivity index (χ3v) is 19.1. The minimum Gasteiger partial charge on any atom is -1.00 e. The van der Waals surface area contributed by atoms with Crippen molar-refractivity contribution in [2.24, 2.45) is 22.7 Å². The van der Waals surface area contributed by atoms with Crippen LogP contribution in [-0.2, 0) is 37.9 Å². The fraction of sp³-hybridized carbons (Fsp3) is 0.667. The smallest absolute Gasteiger partial charge is 1.00 e. The van der Waals surface area contributed by atoms with Gasteiger partial charge in [0.05, 0.1) is 36.6 Å². The average Bonchev–Trinajstić information content (AvgIpc) is 3.81. The van der Waals surface area contributed by atoms with Gasteiger partial charge in [0, 0.05) is 54.2 Å². The maximum absolute atomic E-state index is 12.9. The zero-order valence-corrected chi connectivity index (χ0v) is 42.3. The van der Waals surface area contributed by atoms with Gasteiger partial charge in [-0.15, -0.1) is 0 Å². The van der Waals surface area contributed by atoms with Gasteiger partial charge in [0.1, 0.15) is 29.2 Å². The molecule has 8 aliphatic carbocycles. The molecule has 2 saturated carbocycles. The van der Waals surface area contributed by atoms with Gasteiger partial charge in [0.2, 0.25) is 0 Å². The molecule has 4 heterocycles. The van der Waals surface area contributed by atoms with Crippen LogP contribution in [0, 0.1) is 29.6 Å². The molecule has 8 bridgehead atoms. The molecule has 12 aliphatic rings. The first kappa shape index (κ1) is 47.4. The van der Waals surface area contributed by atoms with Gasteiger partial charge in [-0.05, 0) is 122 Å². The molecular weight excluding hydrogens is 829 g/mol. The number of ketones is 1. The molecule has 0 aromatic heterocycles. The van der Waals surface area contributed by atoms with Crippen molar-refractivity contribution in [2.75, 3.05) is 55.6 Å². The van der Waals surface area contributed by atoms with E-state index in [9.17, 15) is 9.90 Å². The number of benzene rings is 2. The van der Waals surface area contributed by atoms with E-state index >= 15 is 0 Å². The summed E-state index contributed by atoms with van der Waals surface area (Å²) in [6.45, 7) is 13.5. The molecule has 2 saturated heterocycles. The summed E-state index contributed by atoms with van der Waals surface area (Å²) in [6.07, 6.45) is 19.8.